The van der Waals surface area contributed by atoms with E-state index in [1.165, 1.54) is 6.07 Å². The fourth-order valence-electron chi connectivity index (χ4n) is 2.39. The molecule has 0 spiro atoms. The summed E-state index contributed by atoms with van der Waals surface area (Å²) in [4.78, 5) is 13.9. The Morgan fingerprint density at radius 3 is 2.36 bits per heavy atom. The third-order valence-electron chi connectivity index (χ3n) is 3.95. The molecule has 0 aliphatic heterocycles. The number of hydrogen-bond acceptors (Lipinski definition) is 2. The second-order valence-corrected chi connectivity index (χ2v) is 5.42. The summed E-state index contributed by atoms with van der Waals surface area (Å²) >= 11 is 0. The molecule has 2 unspecified atom stereocenters. The molecule has 22 heavy (non-hydrogen) atoms. The van der Waals surface area contributed by atoms with Gasteiger partial charge in [0, 0.05) is 25.1 Å². The quantitative estimate of drug-likeness (QED) is 0.919. The average Bonchev–Trinajstić information content (AvgIpc) is 2.54. The Balaban J connectivity index is 2.04. The molecule has 3 nitrogen and oxygen atoms in total. The van der Waals surface area contributed by atoms with Crippen molar-refractivity contribution in [2.75, 3.05) is 7.05 Å². The fourth-order valence-corrected chi connectivity index (χ4v) is 2.39. The van der Waals surface area contributed by atoms with E-state index in [0.717, 1.165) is 5.56 Å². The number of hydrogen-bond donors (Lipinski definition) is 1. The summed E-state index contributed by atoms with van der Waals surface area (Å²) in [6.07, 6.45) is 0.194. The van der Waals surface area contributed by atoms with Crippen molar-refractivity contribution >= 4 is 5.91 Å². The molecule has 2 aromatic carbocycles. The Labute approximate surface area is 130 Å². The Hall–Kier alpha value is -2.20. The summed E-state index contributed by atoms with van der Waals surface area (Å²) in [6.45, 7) is 1.81. The number of rotatable bonds is 5. The number of carbonyl (C=O) groups excluding carboxylic acids is 1. The minimum atomic E-state index is -0.357. The van der Waals surface area contributed by atoms with E-state index in [2.05, 4.69) is 0 Å². The van der Waals surface area contributed by atoms with Crippen molar-refractivity contribution in [3.05, 3.63) is 71.5 Å². The van der Waals surface area contributed by atoms with Gasteiger partial charge in [-0.25, -0.2) is 4.39 Å². The van der Waals surface area contributed by atoms with Crippen LogP contribution in [0.25, 0.3) is 0 Å². The van der Waals surface area contributed by atoms with E-state index in [0.29, 0.717) is 5.56 Å². The Bertz CT molecular complexity index is 630. The molecule has 4 heteroatoms. The first-order chi connectivity index (χ1) is 10.5. The molecular weight excluding hydrogens is 279 g/mol. The molecule has 2 rings (SSSR count). The van der Waals surface area contributed by atoms with Gasteiger partial charge in [-0.05, 0) is 18.6 Å². The van der Waals surface area contributed by atoms with E-state index < -0.39 is 0 Å². The van der Waals surface area contributed by atoms with Gasteiger partial charge >= 0.3 is 0 Å². The zero-order valence-corrected chi connectivity index (χ0v) is 12.9. The second-order valence-electron chi connectivity index (χ2n) is 5.42. The van der Waals surface area contributed by atoms with Crippen molar-refractivity contribution in [2.24, 2.45) is 5.73 Å². The van der Waals surface area contributed by atoms with E-state index in [1.54, 1.807) is 30.1 Å². The van der Waals surface area contributed by atoms with Crippen LogP contribution in [0.3, 0.4) is 0 Å². The summed E-state index contributed by atoms with van der Waals surface area (Å²) in [5.74, 6) is -0.408. The van der Waals surface area contributed by atoms with Crippen LogP contribution in [0.5, 0.6) is 0 Å². The highest BCUT2D eigenvalue weighted by Gasteiger charge is 2.22. The fraction of sp³-hybridized carbons (Fsp3) is 0.278. The van der Waals surface area contributed by atoms with Crippen LogP contribution in [-0.2, 0) is 4.79 Å². The molecule has 0 bridgehead atoms. The van der Waals surface area contributed by atoms with Crippen LogP contribution in [-0.4, -0.2) is 17.9 Å². The van der Waals surface area contributed by atoms with Gasteiger partial charge in [-0.2, -0.15) is 0 Å². The minimum Gasteiger partial charge on any atom is -0.339 e. The molecule has 0 aliphatic rings. The molecule has 2 aromatic rings. The van der Waals surface area contributed by atoms with Gasteiger partial charge in [-0.3, -0.25) is 4.79 Å². The average molecular weight is 300 g/mol. The Kier molecular flexibility index (Phi) is 5.28. The zero-order chi connectivity index (χ0) is 16.1. The van der Waals surface area contributed by atoms with Gasteiger partial charge in [0.05, 0.1) is 6.04 Å². The van der Waals surface area contributed by atoms with Gasteiger partial charge in [0.25, 0.3) is 0 Å². The molecule has 0 radical (unpaired) electrons. The lowest BCUT2D eigenvalue weighted by molar-refractivity contribution is -0.132. The third kappa shape index (κ3) is 3.71. The smallest absolute Gasteiger partial charge is 0.224 e. The highest BCUT2D eigenvalue weighted by Crippen LogP contribution is 2.23. The minimum absolute atomic E-state index is 0.105. The lowest BCUT2D eigenvalue weighted by Gasteiger charge is -2.27. The number of nitrogens with two attached hydrogens (primary N) is 1. The summed E-state index contributed by atoms with van der Waals surface area (Å²) in [6, 6.07) is 15.3. The lowest BCUT2D eigenvalue weighted by atomic mass is 10.0. The third-order valence-corrected chi connectivity index (χ3v) is 3.95. The highest BCUT2D eigenvalue weighted by molar-refractivity contribution is 5.77. The molecule has 0 aliphatic carbocycles. The van der Waals surface area contributed by atoms with Crippen LogP contribution in [0.4, 0.5) is 4.39 Å². The molecule has 0 fully saturated rings. The second kappa shape index (κ2) is 7.18. The molecular formula is C18H21FN2O. The molecule has 1 amide bonds. The molecule has 2 N–H and O–H groups in total. The highest BCUT2D eigenvalue weighted by atomic mass is 19.1. The van der Waals surface area contributed by atoms with Crippen LogP contribution < -0.4 is 5.73 Å². The van der Waals surface area contributed by atoms with Crippen LogP contribution in [0.2, 0.25) is 0 Å². The Morgan fingerprint density at radius 2 is 1.73 bits per heavy atom. The van der Waals surface area contributed by atoms with Crippen molar-refractivity contribution < 1.29 is 9.18 Å². The first-order valence-corrected chi connectivity index (χ1v) is 7.31. The van der Waals surface area contributed by atoms with Crippen LogP contribution >= 0.6 is 0 Å². The van der Waals surface area contributed by atoms with Gasteiger partial charge in [0.2, 0.25) is 5.91 Å². The van der Waals surface area contributed by atoms with E-state index in [-0.39, 0.29) is 30.2 Å². The van der Waals surface area contributed by atoms with E-state index in [9.17, 15) is 9.18 Å². The van der Waals surface area contributed by atoms with Gasteiger partial charge in [0.15, 0.2) is 0 Å². The summed E-state index contributed by atoms with van der Waals surface area (Å²) in [7, 11) is 1.68. The lowest BCUT2D eigenvalue weighted by Crippen LogP contribution is -2.32. The molecule has 116 valence electrons. The summed E-state index contributed by atoms with van der Waals surface area (Å²) < 4.78 is 13.8. The number of nitrogens with zero attached hydrogens (tertiary/aromatic N) is 1. The van der Waals surface area contributed by atoms with Crippen LogP contribution in [0.1, 0.15) is 36.6 Å². The Morgan fingerprint density at radius 1 is 1.14 bits per heavy atom. The normalized spacial score (nSPS) is 13.5. The van der Waals surface area contributed by atoms with Crippen molar-refractivity contribution in [3.8, 4) is 0 Å². The molecule has 2 atom stereocenters. The van der Waals surface area contributed by atoms with Crippen LogP contribution in [0.15, 0.2) is 54.6 Å². The van der Waals surface area contributed by atoms with Gasteiger partial charge in [-0.15, -0.1) is 0 Å². The number of carbonyl (C=O) groups is 1. The zero-order valence-electron chi connectivity index (χ0n) is 12.9. The molecule has 0 saturated carbocycles. The van der Waals surface area contributed by atoms with Gasteiger partial charge in [0.1, 0.15) is 5.82 Å². The predicted octanol–water partition coefficient (Wildman–Crippen LogP) is 3.44. The van der Waals surface area contributed by atoms with Crippen molar-refractivity contribution in [3.63, 3.8) is 0 Å². The maximum absolute atomic E-state index is 13.8. The van der Waals surface area contributed by atoms with Gasteiger partial charge in [-0.1, -0.05) is 48.5 Å². The maximum Gasteiger partial charge on any atom is 0.224 e. The number of benzene rings is 2. The first kappa shape index (κ1) is 16.2. The molecule has 0 heterocycles. The summed E-state index contributed by atoms with van der Waals surface area (Å²) in [5, 5.41) is 0. The van der Waals surface area contributed by atoms with Crippen molar-refractivity contribution in [1.29, 1.82) is 0 Å². The van der Waals surface area contributed by atoms with E-state index in [4.69, 9.17) is 5.73 Å². The number of halogens is 1. The van der Waals surface area contributed by atoms with Crippen molar-refractivity contribution in [1.82, 2.24) is 4.90 Å². The van der Waals surface area contributed by atoms with E-state index >= 15 is 0 Å². The van der Waals surface area contributed by atoms with Crippen LogP contribution in [0, 0.1) is 5.82 Å². The van der Waals surface area contributed by atoms with Gasteiger partial charge < -0.3 is 10.6 Å². The first-order valence-electron chi connectivity index (χ1n) is 7.31. The monoisotopic (exact) mass is 300 g/mol. The molecule has 0 saturated heterocycles. The molecule has 0 aromatic heterocycles. The van der Waals surface area contributed by atoms with Crippen molar-refractivity contribution in [2.45, 2.75) is 25.4 Å². The van der Waals surface area contributed by atoms with E-state index in [1.807, 2.05) is 37.3 Å². The SMILES string of the molecule is CC(c1ccccc1F)N(C)C(=O)CC(N)c1ccccc1. The number of amides is 1. The largest absolute Gasteiger partial charge is 0.339 e. The maximum atomic E-state index is 13.8. The summed E-state index contributed by atoms with van der Waals surface area (Å²) in [5.41, 5.74) is 7.51. The standard InChI is InChI=1S/C18H21FN2O/c1-13(15-10-6-7-11-16(15)19)21(2)18(22)12-17(20)14-8-4-3-5-9-14/h3-11,13,17H,12,20H2,1-2H3. The predicted molar refractivity (Wildman–Crippen MR) is 85.6 cm³/mol. The topological polar surface area (TPSA) is 46.3 Å².